The Bertz CT molecular complexity index is 291. The summed E-state index contributed by atoms with van der Waals surface area (Å²) in [6.07, 6.45) is 2.21. The lowest BCUT2D eigenvalue weighted by Crippen LogP contribution is -2.53. The van der Waals surface area contributed by atoms with E-state index in [1.165, 1.54) is 0 Å². The van der Waals surface area contributed by atoms with Crippen LogP contribution in [0.4, 0.5) is 0 Å². The van der Waals surface area contributed by atoms with E-state index in [1.807, 2.05) is 25.7 Å². The van der Waals surface area contributed by atoms with Crippen molar-refractivity contribution in [1.82, 2.24) is 4.90 Å². The minimum atomic E-state index is -0.385. The Morgan fingerprint density at radius 3 is 1.89 bits per heavy atom. The SMILES string of the molecule is CC(C)(C)C1CCN(C(=O)[C@H](N)C(C)(C)C)CC1. The van der Waals surface area contributed by atoms with E-state index in [4.69, 9.17) is 5.73 Å². The predicted octanol–water partition coefficient (Wildman–Crippen LogP) is 2.64. The van der Waals surface area contributed by atoms with Crippen LogP contribution in [-0.4, -0.2) is 29.9 Å². The molecular weight excluding hydrogens is 224 g/mol. The van der Waals surface area contributed by atoms with E-state index in [9.17, 15) is 4.79 Å². The van der Waals surface area contributed by atoms with E-state index in [0.717, 1.165) is 25.9 Å². The van der Waals surface area contributed by atoms with Crippen LogP contribution < -0.4 is 5.73 Å². The average molecular weight is 254 g/mol. The maximum absolute atomic E-state index is 12.3. The van der Waals surface area contributed by atoms with Gasteiger partial charge in [-0.25, -0.2) is 0 Å². The second kappa shape index (κ2) is 5.20. The van der Waals surface area contributed by atoms with Gasteiger partial charge in [-0.05, 0) is 29.6 Å². The lowest BCUT2D eigenvalue weighted by atomic mass is 9.75. The largest absolute Gasteiger partial charge is 0.341 e. The summed E-state index contributed by atoms with van der Waals surface area (Å²) in [6, 6.07) is -0.385. The summed E-state index contributed by atoms with van der Waals surface area (Å²) in [4.78, 5) is 14.3. The van der Waals surface area contributed by atoms with Gasteiger partial charge in [-0.1, -0.05) is 41.5 Å². The number of piperidine rings is 1. The number of hydrogen-bond acceptors (Lipinski definition) is 2. The Morgan fingerprint density at radius 2 is 1.56 bits per heavy atom. The van der Waals surface area contributed by atoms with E-state index < -0.39 is 0 Å². The van der Waals surface area contributed by atoms with Gasteiger partial charge in [-0.2, -0.15) is 0 Å². The van der Waals surface area contributed by atoms with Gasteiger partial charge in [0.1, 0.15) is 0 Å². The van der Waals surface area contributed by atoms with Gasteiger partial charge >= 0.3 is 0 Å². The van der Waals surface area contributed by atoms with Crippen LogP contribution in [0.1, 0.15) is 54.4 Å². The van der Waals surface area contributed by atoms with E-state index in [2.05, 4.69) is 20.8 Å². The zero-order valence-corrected chi connectivity index (χ0v) is 12.9. The van der Waals surface area contributed by atoms with Crippen molar-refractivity contribution in [3.05, 3.63) is 0 Å². The van der Waals surface area contributed by atoms with Crippen molar-refractivity contribution in [2.75, 3.05) is 13.1 Å². The Balaban J connectivity index is 2.56. The van der Waals surface area contributed by atoms with E-state index in [0.29, 0.717) is 11.3 Å². The summed E-state index contributed by atoms with van der Waals surface area (Å²) in [7, 11) is 0. The molecule has 0 aromatic rings. The van der Waals surface area contributed by atoms with Gasteiger partial charge in [0, 0.05) is 13.1 Å². The first-order valence-corrected chi connectivity index (χ1v) is 7.08. The molecule has 0 aromatic heterocycles. The summed E-state index contributed by atoms with van der Waals surface area (Å²) in [5, 5.41) is 0. The lowest BCUT2D eigenvalue weighted by molar-refractivity contribution is -0.136. The molecule has 1 atom stereocenters. The summed E-state index contributed by atoms with van der Waals surface area (Å²) in [5.41, 5.74) is 6.25. The topological polar surface area (TPSA) is 46.3 Å². The molecule has 3 heteroatoms. The molecule has 1 aliphatic rings. The maximum atomic E-state index is 12.3. The minimum absolute atomic E-state index is 0.120. The highest BCUT2D eigenvalue weighted by atomic mass is 16.2. The molecule has 106 valence electrons. The first kappa shape index (κ1) is 15.5. The highest BCUT2D eigenvalue weighted by molar-refractivity contribution is 5.82. The third-order valence-electron chi connectivity index (χ3n) is 4.23. The van der Waals surface area contributed by atoms with Crippen LogP contribution in [-0.2, 0) is 4.79 Å². The van der Waals surface area contributed by atoms with Crippen molar-refractivity contribution in [1.29, 1.82) is 0 Å². The van der Waals surface area contributed by atoms with Crippen molar-refractivity contribution >= 4 is 5.91 Å². The van der Waals surface area contributed by atoms with E-state index >= 15 is 0 Å². The monoisotopic (exact) mass is 254 g/mol. The number of nitrogens with zero attached hydrogens (tertiary/aromatic N) is 1. The Labute approximate surface area is 112 Å². The van der Waals surface area contributed by atoms with Gasteiger partial charge in [0.2, 0.25) is 5.91 Å². The van der Waals surface area contributed by atoms with Gasteiger partial charge in [0.15, 0.2) is 0 Å². The quantitative estimate of drug-likeness (QED) is 0.782. The van der Waals surface area contributed by atoms with E-state index in [-0.39, 0.29) is 17.4 Å². The zero-order chi connectivity index (χ0) is 14.1. The molecular formula is C15H30N2O. The smallest absolute Gasteiger partial charge is 0.240 e. The molecule has 0 aromatic carbocycles. The summed E-state index contributed by atoms with van der Waals surface area (Å²) >= 11 is 0. The van der Waals surface area contributed by atoms with Gasteiger partial charge in [-0.3, -0.25) is 4.79 Å². The minimum Gasteiger partial charge on any atom is -0.341 e. The molecule has 0 bridgehead atoms. The summed E-state index contributed by atoms with van der Waals surface area (Å²) in [5.74, 6) is 0.835. The van der Waals surface area contributed by atoms with Crippen LogP contribution in [0, 0.1) is 16.7 Å². The Hall–Kier alpha value is -0.570. The Kier molecular flexibility index (Phi) is 4.47. The zero-order valence-electron chi connectivity index (χ0n) is 12.9. The highest BCUT2D eigenvalue weighted by Gasteiger charge is 2.35. The lowest BCUT2D eigenvalue weighted by Gasteiger charge is -2.40. The molecule has 0 spiro atoms. The van der Waals surface area contributed by atoms with Gasteiger partial charge in [-0.15, -0.1) is 0 Å². The van der Waals surface area contributed by atoms with Crippen molar-refractivity contribution in [2.24, 2.45) is 22.5 Å². The molecule has 3 nitrogen and oxygen atoms in total. The van der Waals surface area contributed by atoms with Crippen LogP contribution in [0.5, 0.6) is 0 Å². The number of amides is 1. The number of carbonyl (C=O) groups is 1. The summed E-state index contributed by atoms with van der Waals surface area (Å²) < 4.78 is 0. The first-order chi connectivity index (χ1) is 8.03. The molecule has 0 aliphatic carbocycles. The molecule has 0 unspecified atom stereocenters. The second-order valence-electron chi connectivity index (χ2n) is 7.81. The fourth-order valence-electron chi connectivity index (χ4n) is 2.53. The Morgan fingerprint density at radius 1 is 1.11 bits per heavy atom. The van der Waals surface area contributed by atoms with Crippen molar-refractivity contribution in [2.45, 2.75) is 60.4 Å². The fourth-order valence-corrected chi connectivity index (χ4v) is 2.53. The van der Waals surface area contributed by atoms with Crippen molar-refractivity contribution in [3.63, 3.8) is 0 Å². The second-order valence-corrected chi connectivity index (χ2v) is 7.81. The van der Waals surface area contributed by atoms with Gasteiger partial charge in [0.05, 0.1) is 6.04 Å². The van der Waals surface area contributed by atoms with Crippen molar-refractivity contribution < 1.29 is 4.79 Å². The van der Waals surface area contributed by atoms with Gasteiger partial charge in [0.25, 0.3) is 0 Å². The molecule has 1 rings (SSSR count). The predicted molar refractivity (Wildman–Crippen MR) is 76.2 cm³/mol. The normalized spacial score (nSPS) is 20.9. The molecule has 1 heterocycles. The number of rotatable bonds is 1. The number of nitrogens with two attached hydrogens (primary N) is 1. The van der Waals surface area contributed by atoms with Crippen LogP contribution >= 0.6 is 0 Å². The van der Waals surface area contributed by atoms with Crippen LogP contribution in [0.15, 0.2) is 0 Å². The molecule has 1 saturated heterocycles. The molecule has 2 N–H and O–H groups in total. The standard InChI is InChI=1S/C15H30N2O/c1-14(2,3)11-7-9-17(10-8-11)13(18)12(16)15(4,5)6/h11-12H,7-10,16H2,1-6H3/t12-/m0/s1. The molecule has 1 amide bonds. The molecule has 0 radical (unpaired) electrons. The highest BCUT2D eigenvalue weighted by Crippen LogP contribution is 2.34. The third kappa shape index (κ3) is 3.71. The number of likely N-dealkylation sites (tertiary alicyclic amines) is 1. The average Bonchev–Trinajstić information content (AvgIpc) is 2.25. The fraction of sp³-hybridized carbons (Fsp3) is 0.933. The molecule has 18 heavy (non-hydrogen) atoms. The van der Waals surface area contributed by atoms with E-state index in [1.54, 1.807) is 0 Å². The molecule has 1 aliphatic heterocycles. The third-order valence-corrected chi connectivity index (χ3v) is 4.23. The molecule has 1 fully saturated rings. The van der Waals surface area contributed by atoms with Gasteiger partial charge < -0.3 is 10.6 Å². The number of carbonyl (C=O) groups excluding carboxylic acids is 1. The first-order valence-electron chi connectivity index (χ1n) is 7.08. The molecule has 0 saturated carbocycles. The number of hydrogen-bond donors (Lipinski definition) is 1. The van der Waals surface area contributed by atoms with Crippen molar-refractivity contribution in [3.8, 4) is 0 Å². The summed E-state index contributed by atoms with van der Waals surface area (Å²) in [6.45, 7) is 14.7. The van der Waals surface area contributed by atoms with Crippen LogP contribution in [0.2, 0.25) is 0 Å². The van der Waals surface area contributed by atoms with Crippen LogP contribution in [0.25, 0.3) is 0 Å². The van der Waals surface area contributed by atoms with Crippen LogP contribution in [0.3, 0.4) is 0 Å². The maximum Gasteiger partial charge on any atom is 0.240 e.